The van der Waals surface area contributed by atoms with E-state index in [1.54, 1.807) is 35.4 Å². The van der Waals surface area contributed by atoms with E-state index in [9.17, 15) is 14.4 Å². The monoisotopic (exact) mass is 561 g/mol. The minimum Gasteiger partial charge on any atom is -0.445 e. The largest absolute Gasteiger partial charge is 0.445 e. The molecule has 210 valence electrons. The lowest BCUT2D eigenvalue weighted by molar-refractivity contribution is -0.121. The third-order valence-electron chi connectivity index (χ3n) is 7.39. The number of nitrogens with zero attached hydrogens (tertiary/aromatic N) is 5. The number of hydrogen-bond acceptors (Lipinski definition) is 7. The van der Waals surface area contributed by atoms with Crippen molar-refractivity contribution in [3.8, 4) is 0 Å². The Morgan fingerprint density at radius 2 is 1.73 bits per heavy atom. The molecule has 0 bridgehead atoms. The van der Waals surface area contributed by atoms with Gasteiger partial charge in [-0.3, -0.25) is 24.4 Å². The van der Waals surface area contributed by atoms with Gasteiger partial charge in [0.05, 0.1) is 5.69 Å². The van der Waals surface area contributed by atoms with Crippen LogP contribution in [0, 0.1) is 0 Å². The second-order valence-electron chi connectivity index (χ2n) is 9.96. The summed E-state index contributed by atoms with van der Waals surface area (Å²) in [5, 5.41) is 6.27. The highest BCUT2D eigenvalue weighted by molar-refractivity contribution is 7.13. The third-order valence-corrected chi connectivity index (χ3v) is 8.15. The van der Waals surface area contributed by atoms with Crippen LogP contribution in [0.4, 0.5) is 15.6 Å². The number of hydrazine groups is 1. The number of amides is 3. The van der Waals surface area contributed by atoms with Gasteiger partial charge >= 0.3 is 6.09 Å². The molecule has 3 heterocycles. The van der Waals surface area contributed by atoms with Crippen molar-refractivity contribution in [1.82, 2.24) is 19.9 Å². The van der Waals surface area contributed by atoms with Gasteiger partial charge in [0.1, 0.15) is 12.6 Å². The first-order valence-electron chi connectivity index (χ1n) is 13.9. The van der Waals surface area contributed by atoms with Crippen LogP contribution in [0.1, 0.15) is 54.9 Å². The summed E-state index contributed by atoms with van der Waals surface area (Å²) in [4.78, 5) is 47.8. The summed E-state index contributed by atoms with van der Waals surface area (Å²) < 4.78 is 5.55. The maximum atomic E-state index is 14.0. The first-order valence-corrected chi connectivity index (χ1v) is 14.8. The van der Waals surface area contributed by atoms with Crippen LogP contribution < -0.4 is 4.90 Å². The first kappa shape index (κ1) is 27.8. The number of benzene rings is 2. The van der Waals surface area contributed by atoms with Crippen molar-refractivity contribution in [2.24, 2.45) is 0 Å². The van der Waals surface area contributed by atoms with E-state index in [1.165, 1.54) is 22.7 Å². The Morgan fingerprint density at radius 3 is 2.40 bits per heavy atom. The zero-order valence-electron chi connectivity index (χ0n) is 22.8. The Labute approximate surface area is 238 Å². The number of likely N-dealkylation sites (tertiary alicyclic amines) is 1. The molecule has 0 N–H and O–H groups in total. The Morgan fingerprint density at radius 1 is 0.975 bits per heavy atom. The van der Waals surface area contributed by atoms with E-state index in [0.29, 0.717) is 42.3 Å². The fourth-order valence-corrected chi connectivity index (χ4v) is 6.01. The number of piperidine rings is 1. The molecule has 3 aromatic rings. The SMILES string of the molecule is CCN(C(=O)c1ccc(N(C(=O)C2CCCN2C(=O)OCc2ccccc2)c2nccs2)cc1)N1CCCCC1. The van der Waals surface area contributed by atoms with Crippen molar-refractivity contribution in [3.05, 3.63) is 77.3 Å². The average Bonchev–Trinajstić information content (AvgIpc) is 3.71. The first-order chi connectivity index (χ1) is 19.6. The van der Waals surface area contributed by atoms with Gasteiger partial charge in [-0.1, -0.05) is 36.8 Å². The van der Waals surface area contributed by atoms with E-state index in [1.807, 2.05) is 47.6 Å². The minimum absolute atomic E-state index is 0.0498. The molecule has 0 radical (unpaired) electrons. The smallest absolute Gasteiger partial charge is 0.410 e. The van der Waals surface area contributed by atoms with E-state index >= 15 is 0 Å². The molecule has 1 aromatic heterocycles. The molecular weight excluding hydrogens is 526 g/mol. The van der Waals surface area contributed by atoms with Gasteiger partial charge in [0, 0.05) is 43.3 Å². The fraction of sp³-hybridized carbons (Fsp3) is 0.400. The highest BCUT2D eigenvalue weighted by Crippen LogP contribution is 2.32. The van der Waals surface area contributed by atoms with Gasteiger partial charge in [-0.2, -0.15) is 0 Å². The van der Waals surface area contributed by atoms with Gasteiger partial charge in [0.2, 0.25) is 0 Å². The van der Waals surface area contributed by atoms with Crippen LogP contribution in [0.5, 0.6) is 0 Å². The van der Waals surface area contributed by atoms with Crippen LogP contribution in [0.15, 0.2) is 66.2 Å². The summed E-state index contributed by atoms with van der Waals surface area (Å²) in [5.74, 6) is -0.294. The second kappa shape index (κ2) is 13.1. The van der Waals surface area contributed by atoms with Gasteiger partial charge in [0.25, 0.3) is 11.8 Å². The van der Waals surface area contributed by atoms with Crippen LogP contribution in [0.25, 0.3) is 0 Å². The molecule has 2 fully saturated rings. The van der Waals surface area contributed by atoms with Crippen molar-refractivity contribution in [3.63, 3.8) is 0 Å². The molecule has 10 heteroatoms. The maximum Gasteiger partial charge on any atom is 0.410 e. The number of rotatable bonds is 8. The van der Waals surface area contributed by atoms with Crippen molar-refractivity contribution in [2.45, 2.75) is 51.7 Å². The molecular formula is C30H35N5O4S. The van der Waals surface area contributed by atoms with Crippen molar-refractivity contribution in [2.75, 3.05) is 31.1 Å². The Kier molecular flexibility index (Phi) is 9.08. The topological polar surface area (TPSA) is 86.3 Å². The number of thiazole rings is 1. The van der Waals surface area contributed by atoms with E-state index in [-0.39, 0.29) is 18.4 Å². The van der Waals surface area contributed by atoms with Crippen LogP contribution >= 0.6 is 11.3 Å². The number of hydrogen-bond donors (Lipinski definition) is 0. The van der Waals surface area contributed by atoms with Gasteiger partial charge in [-0.05, 0) is 62.4 Å². The molecule has 2 aromatic carbocycles. The zero-order chi connectivity index (χ0) is 27.9. The molecule has 5 rings (SSSR count). The second-order valence-corrected chi connectivity index (χ2v) is 10.8. The van der Waals surface area contributed by atoms with E-state index in [4.69, 9.17) is 4.74 Å². The summed E-state index contributed by atoms with van der Waals surface area (Å²) in [6.45, 7) is 4.96. The molecule has 2 saturated heterocycles. The lowest BCUT2D eigenvalue weighted by Gasteiger charge is -2.36. The number of ether oxygens (including phenoxy) is 1. The molecule has 1 atom stereocenters. The summed E-state index contributed by atoms with van der Waals surface area (Å²) >= 11 is 1.35. The van der Waals surface area contributed by atoms with Crippen molar-refractivity contribution in [1.29, 1.82) is 0 Å². The molecule has 0 aliphatic carbocycles. The minimum atomic E-state index is -0.664. The van der Waals surface area contributed by atoms with Crippen LogP contribution in [-0.4, -0.2) is 70.0 Å². The Bertz CT molecular complexity index is 1280. The molecule has 0 spiro atoms. The quantitative estimate of drug-likeness (QED) is 0.363. The Balaban J connectivity index is 1.33. The van der Waals surface area contributed by atoms with Gasteiger partial charge in [-0.15, -0.1) is 11.3 Å². The summed E-state index contributed by atoms with van der Waals surface area (Å²) in [6.07, 6.45) is 5.77. The fourth-order valence-electron chi connectivity index (χ4n) is 5.34. The van der Waals surface area contributed by atoms with Crippen molar-refractivity contribution < 1.29 is 19.1 Å². The number of aromatic nitrogens is 1. The lowest BCUT2D eigenvalue weighted by atomic mass is 10.1. The lowest BCUT2D eigenvalue weighted by Crippen LogP contribution is -2.48. The molecule has 2 aliphatic rings. The van der Waals surface area contributed by atoms with Gasteiger partial charge in [0.15, 0.2) is 5.13 Å². The van der Waals surface area contributed by atoms with E-state index < -0.39 is 12.1 Å². The van der Waals surface area contributed by atoms with Crippen molar-refractivity contribution >= 4 is 40.1 Å². The van der Waals surface area contributed by atoms with Crippen LogP contribution in [0.2, 0.25) is 0 Å². The average molecular weight is 562 g/mol. The molecule has 40 heavy (non-hydrogen) atoms. The maximum absolute atomic E-state index is 14.0. The van der Waals surface area contributed by atoms with Crippen LogP contribution in [0.3, 0.4) is 0 Å². The van der Waals surface area contributed by atoms with E-state index in [0.717, 1.165) is 31.5 Å². The Hall–Kier alpha value is -3.76. The number of anilines is 2. The summed E-state index contributed by atoms with van der Waals surface area (Å²) in [5.41, 5.74) is 2.05. The highest BCUT2D eigenvalue weighted by Gasteiger charge is 2.39. The highest BCUT2D eigenvalue weighted by atomic mass is 32.1. The van der Waals surface area contributed by atoms with Gasteiger partial charge < -0.3 is 4.74 Å². The van der Waals surface area contributed by atoms with E-state index in [2.05, 4.69) is 9.99 Å². The molecule has 9 nitrogen and oxygen atoms in total. The standard InChI is InChI=1S/C30H35N5O4S/c1-2-34(32-18-7-4-8-19-32)27(36)24-13-15-25(16-14-24)35(29-31-17-21-40-29)28(37)26-12-9-20-33(26)30(38)39-22-23-10-5-3-6-11-23/h3,5-6,10-11,13-17,21,26H,2,4,7-9,12,18-20,22H2,1H3. The number of carbonyl (C=O) groups excluding carboxylic acids is 3. The summed E-state index contributed by atoms with van der Waals surface area (Å²) in [7, 11) is 0. The van der Waals surface area contributed by atoms with Crippen LogP contribution in [-0.2, 0) is 16.1 Å². The molecule has 3 amide bonds. The molecule has 2 aliphatic heterocycles. The summed E-state index contributed by atoms with van der Waals surface area (Å²) in [6, 6.07) is 15.9. The predicted molar refractivity (Wildman–Crippen MR) is 154 cm³/mol. The number of carbonyl (C=O) groups is 3. The molecule has 0 saturated carbocycles. The normalized spacial score (nSPS) is 17.4. The molecule has 1 unspecified atom stereocenters. The third kappa shape index (κ3) is 6.18. The van der Waals surface area contributed by atoms with Gasteiger partial charge in [-0.25, -0.2) is 14.8 Å². The zero-order valence-corrected chi connectivity index (χ0v) is 23.6. The predicted octanol–water partition coefficient (Wildman–Crippen LogP) is 5.47.